The van der Waals surface area contributed by atoms with E-state index in [1.165, 1.54) is 6.07 Å². The summed E-state index contributed by atoms with van der Waals surface area (Å²) in [5.41, 5.74) is 1.33. The molecule has 30 heavy (non-hydrogen) atoms. The van der Waals surface area contributed by atoms with Crippen LogP contribution in [0.15, 0.2) is 42.5 Å². The molecule has 0 radical (unpaired) electrons. The smallest absolute Gasteiger partial charge is 0.416 e. The van der Waals surface area contributed by atoms with Gasteiger partial charge in [0.15, 0.2) is 5.11 Å². The van der Waals surface area contributed by atoms with Gasteiger partial charge >= 0.3 is 6.18 Å². The second-order valence-electron chi connectivity index (χ2n) is 7.18. The van der Waals surface area contributed by atoms with Crippen molar-refractivity contribution in [1.29, 1.82) is 0 Å². The monoisotopic (exact) mass is 438 g/mol. The number of alkyl halides is 3. The Labute approximate surface area is 179 Å². The van der Waals surface area contributed by atoms with Crippen molar-refractivity contribution < 1.29 is 17.9 Å². The normalized spacial score (nSPS) is 15.0. The zero-order chi connectivity index (χ0) is 21.7. The third kappa shape index (κ3) is 5.76. The molecule has 1 saturated heterocycles. The summed E-state index contributed by atoms with van der Waals surface area (Å²) in [5.74, 6) is 0.750. The van der Waals surface area contributed by atoms with E-state index >= 15 is 0 Å². The minimum absolute atomic E-state index is 0.264. The molecule has 0 amide bonds. The molecular formula is C21H25F3N4OS. The van der Waals surface area contributed by atoms with Gasteiger partial charge in [-0.3, -0.25) is 0 Å². The van der Waals surface area contributed by atoms with Crippen LogP contribution in [-0.4, -0.2) is 50.3 Å². The number of benzene rings is 2. The van der Waals surface area contributed by atoms with Crippen molar-refractivity contribution in [2.24, 2.45) is 0 Å². The van der Waals surface area contributed by atoms with Crippen LogP contribution in [-0.2, 0) is 12.7 Å². The van der Waals surface area contributed by atoms with Crippen LogP contribution in [0, 0.1) is 0 Å². The number of rotatable bonds is 5. The molecule has 1 heterocycles. The minimum atomic E-state index is -4.42. The molecule has 2 aromatic rings. The molecule has 2 N–H and O–H groups in total. The van der Waals surface area contributed by atoms with E-state index in [4.69, 9.17) is 17.0 Å². The molecule has 9 heteroatoms. The summed E-state index contributed by atoms with van der Waals surface area (Å²) in [5, 5.41) is 6.28. The highest BCUT2D eigenvalue weighted by molar-refractivity contribution is 7.80. The van der Waals surface area contributed by atoms with E-state index in [9.17, 15) is 13.2 Å². The Morgan fingerprint density at radius 1 is 1.07 bits per heavy atom. The van der Waals surface area contributed by atoms with Crippen molar-refractivity contribution >= 4 is 28.7 Å². The van der Waals surface area contributed by atoms with Crippen LogP contribution in [0.5, 0.6) is 5.75 Å². The van der Waals surface area contributed by atoms with Gasteiger partial charge in [-0.25, -0.2) is 0 Å². The molecule has 2 aromatic carbocycles. The van der Waals surface area contributed by atoms with Crippen molar-refractivity contribution in [3.63, 3.8) is 0 Å². The Hall–Kier alpha value is -2.52. The SMILES string of the molecule is COc1ccc(CNC(=S)Nc2cc(C(F)(F)F)ccc2N2CCN(C)CC2)cc1. The first-order valence-corrected chi connectivity index (χ1v) is 9.99. The topological polar surface area (TPSA) is 39.8 Å². The minimum Gasteiger partial charge on any atom is -0.497 e. The van der Waals surface area contributed by atoms with Crippen LogP contribution >= 0.6 is 12.2 Å². The maximum atomic E-state index is 13.3. The largest absolute Gasteiger partial charge is 0.497 e. The van der Waals surface area contributed by atoms with Gasteiger partial charge in [-0.1, -0.05) is 12.1 Å². The predicted octanol–water partition coefficient (Wildman–Crippen LogP) is 3.95. The molecule has 0 atom stereocenters. The summed E-state index contributed by atoms with van der Waals surface area (Å²) < 4.78 is 44.9. The zero-order valence-electron chi connectivity index (χ0n) is 16.9. The van der Waals surface area contributed by atoms with E-state index in [0.717, 1.165) is 49.6 Å². The lowest BCUT2D eigenvalue weighted by molar-refractivity contribution is -0.137. The molecule has 1 aliphatic rings. The average molecular weight is 439 g/mol. The molecule has 0 aromatic heterocycles. The first-order chi connectivity index (χ1) is 14.3. The van der Waals surface area contributed by atoms with Crippen LogP contribution in [0.1, 0.15) is 11.1 Å². The lowest BCUT2D eigenvalue weighted by atomic mass is 10.1. The molecule has 162 valence electrons. The summed E-state index contributed by atoms with van der Waals surface area (Å²) in [7, 11) is 3.63. The number of nitrogens with one attached hydrogen (secondary N) is 2. The standard InChI is InChI=1S/C21H25F3N4OS/c1-27-9-11-28(12-10-27)19-8-5-16(21(22,23)24)13-18(19)26-20(30)25-14-15-3-6-17(29-2)7-4-15/h3-8,13H,9-12,14H2,1-2H3,(H2,25,26,30). The molecule has 3 rings (SSSR count). The van der Waals surface area contributed by atoms with E-state index in [0.29, 0.717) is 17.9 Å². The fraction of sp³-hybridized carbons (Fsp3) is 0.381. The quantitative estimate of drug-likeness (QED) is 0.689. The number of thiocarbonyl (C=S) groups is 1. The number of ether oxygens (including phenoxy) is 1. The zero-order valence-corrected chi connectivity index (χ0v) is 17.7. The van der Waals surface area contributed by atoms with Crippen LogP contribution < -0.4 is 20.3 Å². The van der Waals surface area contributed by atoms with Gasteiger partial charge in [0.1, 0.15) is 5.75 Å². The number of hydrogen-bond donors (Lipinski definition) is 2. The van der Waals surface area contributed by atoms with Gasteiger partial charge in [0.05, 0.1) is 24.0 Å². The number of anilines is 2. The molecule has 1 aliphatic heterocycles. The summed E-state index contributed by atoms with van der Waals surface area (Å²) >= 11 is 5.35. The van der Waals surface area contributed by atoms with Gasteiger partial charge in [0.25, 0.3) is 0 Å². The van der Waals surface area contributed by atoms with Gasteiger partial charge < -0.3 is 25.2 Å². The summed E-state index contributed by atoms with van der Waals surface area (Å²) in [6.45, 7) is 3.62. The number of halogens is 3. The predicted molar refractivity (Wildman–Crippen MR) is 117 cm³/mol. The molecule has 0 aliphatic carbocycles. The number of nitrogens with zero attached hydrogens (tertiary/aromatic N) is 2. The molecule has 0 spiro atoms. The molecule has 0 unspecified atom stereocenters. The molecule has 0 saturated carbocycles. The van der Waals surface area contributed by atoms with Crippen molar-refractivity contribution in [3.8, 4) is 5.75 Å². The molecule has 1 fully saturated rings. The Kier molecular flexibility index (Phi) is 7.04. The Morgan fingerprint density at radius 3 is 2.33 bits per heavy atom. The molecule has 5 nitrogen and oxygen atoms in total. The van der Waals surface area contributed by atoms with Crippen molar-refractivity contribution in [2.75, 3.05) is 50.6 Å². The van der Waals surface area contributed by atoms with Gasteiger partial charge in [0.2, 0.25) is 0 Å². The Morgan fingerprint density at radius 2 is 1.73 bits per heavy atom. The molecular weight excluding hydrogens is 413 g/mol. The lowest BCUT2D eigenvalue weighted by Crippen LogP contribution is -2.44. The highest BCUT2D eigenvalue weighted by Crippen LogP contribution is 2.35. The van der Waals surface area contributed by atoms with Crippen molar-refractivity contribution in [1.82, 2.24) is 10.2 Å². The third-order valence-corrected chi connectivity index (χ3v) is 5.27. The van der Waals surface area contributed by atoms with E-state index in [2.05, 4.69) is 20.4 Å². The first-order valence-electron chi connectivity index (χ1n) is 9.59. The maximum absolute atomic E-state index is 13.3. The van der Waals surface area contributed by atoms with Gasteiger partial charge in [-0.2, -0.15) is 13.2 Å². The Bertz CT molecular complexity index is 866. The Balaban J connectivity index is 1.73. The fourth-order valence-electron chi connectivity index (χ4n) is 3.23. The van der Waals surface area contributed by atoms with E-state index in [-0.39, 0.29) is 5.11 Å². The maximum Gasteiger partial charge on any atom is 0.416 e. The first kappa shape index (κ1) is 22.2. The van der Waals surface area contributed by atoms with Crippen molar-refractivity contribution in [3.05, 3.63) is 53.6 Å². The highest BCUT2D eigenvalue weighted by Gasteiger charge is 2.31. The van der Waals surface area contributed by atoms with Gasteiger partial charge in [0, 0.05) is 32.7 Å². The lowest BCUT2D eigenvalue weighted by Gasteiger charge is -2.35. The van der Waals surface area contributed by atoms with Crippen LogP contribution in [0.2, 0.25) is 0 Å². The highest BCUT2D eigenvalue weighted by atomic mass is 32.1. The van der Waals surface area contributed by atoms with E-state index in [1.807, 2.05) is 31.3 Å². The van der Waals surface area contributed by atoms with Gasteiger partial charge in [-0.05, 0) is 55.2 Å². The second kappa shape index (κ2) is 9.53. The average Bonchev–Trinajstić information content (AvgIpc) is 2.72. The summed E-state index contributed by atoms with van der Waals surface area (Å²) in [6.07, 6.45) is -4.42. The fourth-order valence-corrected chi connectivity index (χ4v) is 3.41. The van der Waals surface area contributed by atoms with E-state index < -0.39 is 11.7 Å². The van der Waals surface area contributed by atoms with Crippen LogP contribution in [0.25, 0.3) is 0 Å². The number of piperazine rings is 1. The van der Waals surface area contributed by atoms with Crippen molar-refractivity contribution in [2.45, 2.75) is 12.7 Å². The van der Waals surface area contributed by atoms with Crippen LogP contribution in [0.4, 0.5) is 24.5 Å². The molecule has 0 bridgehead atoms. The summed E-state index contributed by atoms with van der Waals surface area (Å²) in [6, 6.07) is 11.2. The van der Waals surface area contributed by atoms with Crippen LogP contribution in [0.3, 0.4) is 0 Å². The van der Waals surface area contributed by atoms with E-state index in [1.54, 1.807) is 7.11 Å². The number of methoxy groups -OCH3 is 1. The second-order valence-corrected chi connectivity index (χ2v) is 7.58. The number of likely N-dealkylation sites (N-methyl/N-ethyl adjacent to an activating group) is 1. The third-order valence-electron chi connectivity index (χ3n) is 5.03. The summed E-state index contributed by atoms with van der Waals surface area (Å²) in [4.78, 5) is 4.27. The number of hydrogen-bond acceptors (Lipinski definition) is 4. The van der Waals surface area contributed by atoms with Gasteiger partial charge in [-0.15, -0.1) is 0 Å².